The van der Waals surface area contributed by atoms with Crippen LogP contribution in [0.3, 0.4) is 0 Å². The van der Waals surface area contributed by atoms with Gasteiger partial charge in [-0.25, -0.2) is 0 Å². The van der Waals surface area contributed by atoms with Crippen LogP contribution < -0.4 is 0 Å². The maximum atomic E-state index is 13.1. The first-order chi connectivity index (χ1) is 20.1. The van der Waals surface area contributed by atoms with Crippen molar-refractivity contribution in [2.45, 2.75) is 138 Å². The van der Waals surface area contributed by atoms with Crippen molar-refractivity contribution >= 4 is 5.97 Å². The zero-order valence-electron chi connectivity index (χ0n) is 28.0. The van der Waals surface area contributed by atoms with Crippen molar-refractivity contribution < 1.29 is 19.7 Å². The number of ether oxygens (including phenoxy) is 1. The molecule has 0 aromatic heterocycles. The predicted octanol–water partition coefficient (Wildman–Crippen LogP) is 9.03. The monoisotopic (exact) mass is 590 g/mol. The lowest BCUT2D eigenvalue weighted by Gasteiger charge is -2.64. The van der Waals surface area contributed by atoms with Crippen LogP contribution in [0.15, 0.2) is 35.9 Å². The van der Waals surface area contributed by atoms with Gasteiger partial charge in [0.2, 0.25) is 0 Å². The average molecular weight is 591 g/mol. The lowest BCUT2D eigenvalue weighted by atomic mass is 9.42. The third-order valence-electron chi connectivity index (χ3n) is 14.7. The zero-order valence-corrected chi connectivity index (χ0v) is 28.0. The summed E-state index contributed by atoms with van der Waals surface area (Å²) in [5.41, 5.74) is 3.56. The van der Waals surface area contributed by atoms with E-state index in [1.54, 1.807) is 17.7 Å². The van der Waals surface area contributed by atoms with Gasteiger partial charge in [-0.3, -0.25) is 4.79 Å². The first kappa shape index (κ1) is 31.2. The van der Waals surface area contributed by atoms with Crippen molar-refractivity contribution in [3.05, 3.63) is 41.5 Å². The van der Waals surface area contributed by atoms with E-state index in [1.807, 2.05) is 12.1 Å². The van der Waals surface area contributed by atoms with Gasteiger partial charge >= 0.3 is 5.97 Å². The molecule has 4 heteroatoms. The molecule has 5 aliphatic rings. The van der Waals surface area contributed by atoms with Crippen LogP contribution in [-0.2, 0) is 16.0 Å². The van der Waals surface area contributed by atoms with Gasteiger partial charge in [0, 0.05) is 11.8 Å². The molecule has 0 spiro atoms. The van der Waals surface area contributed by atoms with Crippen LogP contribution in [0.25, 0.3) is 0 Å². The molecule has 0 radical (unpaired) electrons. The topological polar surface area (TPSA) is 66.8 Å². The molecule has 0 unspecified atom stereocenters. The summed E-state index contributed by atoms with van der Waals surface area (Å²) in [4.78, 5) is 13.1. The van der Waals surface area contributed by atoms with E-state index < -0.39 is 0 Å². The Hall–Kier alpha value is -1.81. The number of benzene rings is 1. The molecule has 43 heavy (non-hydrogen) atoms. The Bertz CT molecular complexity index is 1240. The number of phenols is 1. The van der Waals surface area contributed by atoms with E-state index in [0.29, 0.717) is 41.9 Å². The number of carbonyl (C=O) groups excluding carboxylic acids is 1. The van der Waals surface area contributed by atoms with Crippen LogP contribution >= 0.6 is 0 Å². The van der Waals surface area contributed by atoms with E-state index in [4.69, 9.17) is 4.74 Å². The summed E-state index contributed by atoms with van der Waals surface area (Å²) in [6, 6.07) is 7.13. The number of hydrogen-bond donors (Lipinski definition) is 2. The van der Waals surface area contributed by atoms with E-state index >= 15 is 0 Å². The SMILES string of the molecule is CC1(C)[C@@H](OC(=O)CCc2ccc(O)cc2)CC[C@@]2(C)[C@H]1CC[C@@]1(C)CC3=CC[C@H]4C(C)(C)[C@@H](O)CC[C@]4(C)[C@H]3CC[C@@H]12. The molecule has 4 saturated carbocycles. The molecule has 0 bridgehead atoms. The number of hydrogen-bond acceptors (Lipinski definition) is 4. The Morgan fingerprint density at radius 2 is 1.51 bits per heavy atom. The third-order valence-corrected chi connectivity index (χ3v) is 14.7. The Morgan fingerprint density at radius 3 is 2.23 bits per heavy atom. The first-order valence-electron chi connectivity index (χ1n) is 17.5. The van der Waals surface area contributed by atoms with Gasteiger partial charge < -0.3 is 14.9 Å². The Balaban J connectivity index is 1.18. The molecular weight excluding hydrogens is 532 g/mol. The van der Waals surface area contributed by atoms with E-state index in [1.165, 1.54) is 32.1 Å². The fourth-order valence-corrected chi connectivity index (χ4v) is 12.3. The third kappa shape index (κ3) is 5.01. The minimum Gasteiger partial charge on any atom is -0.508 e. The molecule has 1 aromatic carbocycles. The highest BCUT2D eigenvalue weighted by Crippen LogP contribution is 2.70. The molecule has 5 aliphatic carbocycles. The van der Waals surface area contributed by atoms with E-state index in [-0.39, 0.29) is 45.6 Å². The van der Waals surface area contributed by atoms with Gasteiger partial charge in [-0.2, -0.15) is 0 Å². The number of esters is 1. The molecule has 0 aliphatic heterocycles. The molecule has 2 N–H and O–H groups in total. The highest BCUT2D eigenvalue weighted by Gasteiger charge is 2.63. The van der Waals surface area contributed by atoms with Crippen molar-refractivity contribution in [3.63, 3.8) is 0 Å². The van der Waals surface area contributed by atoms with Crippen LogP contribution in [-0.4, -0.2) is 28.4 Å². The number of aryl methyl sites for hydroxylation is 1. The predicted molar refractivity (Wildman–Crippen MR) is 172 cm³/mol. The molecular formula is C39H58O4. The Morgan fingerprint density at radius 1 is 0.814 bits per heavy atom. The summed E-state index contributed by atoms with van der Waals surface area (Å²) < 4.78 is 6.29. The van der Waals surface area contributed by atoms with Gasteiger partial charge in [0.1, 0.15) is 11.9 Å². The maximum absolute atomic E-state index is 13.1. The van der Waals surface area contributed by atoms with Crippen LogP contribution in [0.4, 0.5) is 0 Å². The van der Waals surface area contributed by atoms with E-state index in [2.05, 4.69) is 54.5 Å². The van der Waals surface area contributed by atoms with E-state index in [9.17, 15) is 15.0 Å². The molecule has 0 heterocycles. The number of rotatable bonds is 4. The van der Waals surface area contributed by atoms with Crippen LogP contribution in [0, 0.1) is 50.7 Å². The van der Waals surface area contributed by atoms with Gasteiger partial charge in [-0.05, 0) is 134 Å². The second-order valence-corrected chi connectivity index (χ2v) is 17.6. The van der Waals surface area contributed by atoms with Gasteiger partial charge in [-0.1, -0.05) is 72.2 Å². The second kappa shape index (κ2) is 10.6. The number of aliphatic hydroxyl groups excluding tert-OH is 1. The normalized spacial score (nSPS) is 43.1. The number of aromatic hydroxyl groups is 1. The lowest BCUT2D eigenvalue weighted by Crippen LogP contribution is -2.59. The summed E-state index contributed by atoms with van der Waals surface area (Å²) in [5.74, 6) is 2.57. The standard InChI is InChI=1S/C39H58O4/c1-35(2)29-15-11-26-24-37(5)21-18-30-36(3,4)33(43-34(42)17-10-25-8-12-27(40)13-9-25)20-23-39(30,7)31(37)16-14-28(26)38(29,6)22-19-32(35)41/h8-9,11-13,28-33,40-41H,10,14-24H2,1-7H3/t28-,29-,30-,31-,32-,33-,37-,38+,39-/m0/s1. The molecule has 238 valence electrons. The molecule has 1 aromatic rings. The molecule has 0 saturated heterocycles. The fourth-order valence-electron chi connectivity index (χ4n) is 12.3. The highest BCUT2D eigenvalue weighted by molar-refractivity contribution is 5.70. The van der Waals surface area contributed by atoms with Gasteiger partial charge in [-0.15, -0.1) is 0 Å². The van der Waals surface area contributed by atoms with Crippen molar-refractivity contribution in [3.8, 4) is 5.75 Å². The smallest absolute Gasteiger partial charge is 0.306 e. The molecule has 6 rings (SSSR count). The molecule has 0 amide bonds. The lowest BCUT2D eigenvalue weighted by molar-refractivity contribution is -0.193. The number of allylic oxidation sites excluding steroid dienone is 2. The second-order valence-electron chi connectivity index (χ2n) is 17.6. The van der Waals surface area contributed by atoms with Crippen molar-refractivity contribution in [2.24, 2.45) is 50.7 Å². The minimum absolute atomic E-state index is 0.0288. The highest BCUT2D eigenvalue weighted by atomic mass is 16.5. The number of fused-ring (bicyclic) bond motifs is 6. The van der Waals surface area contributed by atoms with Crippen molar-refractivity contribution in [2.75, 3.05) is 0 Å². The average Bonchev–Trinajstić information content (AvgIpc) is 3.09. The van der Waals surface area contributed by atoms with Crippen LogP contribution in [0.2, 0.25) is 0 Å². The fraction of sp³-hybridized carbons (Fsp3) is 0.769. The number of carbonyl (C=O) groups is 1. The van der Waals surface area contributed by atoms with Gasteiger partial charge in [0.25, 0.3) is 0 Å². The minimum atomic E-state index is -0.189. The summed E-state index contributed by atoms with van der Waals surface area (Å²) >= 11 is 0. The molecule has 4 nitrogen and oxygen atoms in total. The Kier molecular flexibility index (Phi) is 7.71. The van der Waals surface area contributed by atoms with Crippen molar-refractivity contribution in [1.82, 2.24) is 0 Å². The quantitative estimate of drug-likeness (QED) is 0.271. The summed E-state index contributed by atoms with van der Waals surface area (Å²) in [5, 5.41) is 20.5. The van der Waals surface area contributed by atoms with E-state index in [0.717, 1.165) is 37.7 Å². The number of aliphatic hydroxyl groups is 1. The van der Waals surface area contributed by atoms with Crippen molar-refractivity contribution in [1.29, 1.82) is 0 Å². The summed E-state index contributed by atoms with van der Waals surface area (Å²) in [6.45, 7) is 17.2. The maximum Gasteiger partial charge on any atom is 0.306 e. The first-order valence-corrected chi connectivity index (χ1v) is 17.5. The summed E-state index contributed by atoms with van der Waals surface area (Å²) in [7, 11) is 0. The number of phenolic OH excluding ortho intramolecular Hbond substituents is 1. The largest absolute Gasteiger partial charge is 0.508 e. The Labute approximate surface area is 261 Å². The molecule has 9 atom stereocenters. The summed E-state index contributed by atoms with van der Waals surface area (Å²) in [6.07, 6.45) is 15.0. The van der Waals surface area contributed by atoms with Gasteiger partial charge in [0.15, 0.2) is 0 Å². The van der Waals surface area contributed by atoms with Crippen LogP contribution in [0.1, 0.15) is 125 Å². The zero-order chi connectivity index (χ0) is 31.0. The van der Waals surface area contributed by atoms with Gasteiger partial charge in [0.05, 0.1) is 6.10 Å². The molecule has 4 fully saturated rings. The van der Waals surface area contributed by atoms with Crippen LogP contribution in [0.5, 0.6) is 5.75 Å².